The Morgan fingerprint density at radius 3 is 2.72 bits per heavy atom. The number of hydrogen-bond donors (Lipinski definition) is 1. The van der Waals surface area contributed by atoms with Crippen LogP contribution in [0, 0.1) is 3.57 Å². The molecule has 1 heterocycles. The van der Waals surface area contributed by atoms with Crippen LogP contribution in [0.1, 0.15) is 16.1 Å². The zero-order valence-electron chi connectivity index (χ0n) is 13.6. The molecule has 3 rings (SSSR count). The smallest absolute Gasteiger partial charge is 0.307 e. The lowest BCUT2D eigenvalue weighted by molar-refractivity contribution is 0.0929. The number of hydrazone groups is 1. The first-order valence-electron chi connectivity index (χ1n) is 7.36. The van der Waals surface area contributed by atoms with E-state index in [-0.39, 0.29) is 5.76 Å². The van der Waals surface area contributed by atoms with Gasteiger partial charge in [-0.05, 0) is 46.9 Å². The largest absolute Gasteiger partial charge is 0.493 e. The van der Waals surface area contributed by atoms with Crippen LogP contribution in [0.25, 0.3) is 11.0 Å². The summed E-state index contributed by atoms with van der Waals surface area (Å²) < 4.78 is 17.1. The van der Waals surface area contributed by atoms with Crippen molar-refractivity contribution in [1.29, 1.82) is 0 Å². The highest BCUT2D eigenvalue weighted by Crippen LogP contribution is 2.32. The second kappa shape index (κ2) is 7.56. The number of fused-ring (bicyclic) bond motifs is 1. The zero-order valence-corrected chi connectivity index (χ0v) is 15.7. The standard InChI is InChI=1S/C18H15IN2O4/c1-23-15-9-13(19)7-12(17(15)24-2)10-20-21-18(22)16-8-11-5-3-4-6-14(11)25-16/h3-10H,1-2H3,(H,21,22)/b20-10+. The molecule has 7 heteroatoms. The molecule has 128 valence electrons. The zero-order chi connectivity index (χ0) is 17.8. The van der Waals surface area contributed by atoms with Crippen molar-refractivity contribution < 1.29 is 18.7 Å². The molecule has 0 atom stereocenters. The third kappa shape index (κ3) is 3.76. The van der Waals surface area contributed by atoms with Crippen LogP contribution in [0.2, 0.25) is 0 Å². The predicted octanol–water partition coefficient (Wildman–Crippen LogP) is 3.82. The number of nitrogens with one attached hydrogen (secondary N) is 1. The Hall–Kier alpha value is -2.55. The van der Waals surface area contributed by atoms with Crippen LogP contribution in [-0.4, -0.2) is 26.3 Å². The van der Waals surface area contributed by atoms with Crippen molar-refractivity contribution >= 4 is 45.7 Å². The highest BCUT2D eigenvalue weighted by atomic mass is 127. The minimum Gasteiger partial charge on any atom is -0.493 e. The summed E-state index contributed by atoms with van der Waals surface area (Å²) in [4.78, 5) is 12.2. The molecule has 0 unspecified atom stereocenters. The van der Waals surface area contributed by atoms with Crippen molar-refractivity contribution in [2.45, 2.75) is 0 Å². The van der Waals surface area contributed by atoms with E-state index in [0.29, 0.717) is 22.6 Å². The maximum Gasteiger partial charge on any atom is 0.307 e. The highest BCUT2D eigenvalue weighted by Gasteiger charge is 2.12. The van der Waals surface area contributed by atoms with Gasteiger partial charge in [0.05, 0.1) is 20.4 Å². The van der Waals surface area contributed by atoms with Crippen LogP contribution in [0.15, 0.2) is 52.0 Å². The van der Waals surface area contributed by atoms with E-state index in [4.69, 9.17) is 13.9 Å². The van der Waals surface area contributed by atoms with Crippen LogP contribution in [-0.2, 0) is 0 Å². The summed E-state index contributed by atoms with van der Waals surface area (Å²) in [6.07, 6.45) is 1.50. The van der Waals surface area contributed by atoms with Gasteiger partial charge in [0.1, 0.15) is 5.58 Å². The Morgan fingerprint density at radius 2 is 2.00 bits per heavy atom. The number of para-hydroxylation sites is 1. The molecule has 0 spiro atoms. The number of rotatable bonds is 5. The van der Waals surface area contributed by atoms with Gasteiger partial charge >= 0.3 is 5.91 Å². The molecular weight excluding hydrogens is 435 g/mol. The Bertz CT molecular complexity index is 916. The quantitative estimate of drug-likeness (QED) is 0.365. The number of furan rings is 1. The van der Waals surface area contributed by atoms with Gasteiger partial charge < -0.3 is 13.9 Å². The maximum atomic E-state index is 12.2. The van der Waals surface area contributed by atoms with Gasteiger partial charge in [0, 0.05) is 14.5 Å². The molecular formula is C18H15IN2O4. The Kier molecular flexibility index (Phi) is 5.22. The van der Waals surface area contributed by atoms with Gasteiger partial charge in [-0.2, -0.15) is 5.10 Å². The number of carbonyl (C=O) groups excluding carboxylic acids is 1. The Labute approximate surface area is 157 Å². The number of carbonyl (C=O) groups is 1. The molecule has 0 aliphatic carbocycles. The minimum atomic E-state index is -0.427. The summed E-state index contributed by atoms with van der Waals surface area (Å²) in [6, 6.07) is 12.8. The first-order valence-corrected chi connectivity index (χ1v) is 8.43. The van der Waals surface area contributed by atoms with Gasteiger partial charge in [0.25, 0.3) is 0 Å². The fraction of sp³-hybridized carbons (Fsp3) is 0.111. The summed E-state index contributed by atoms with van der Waals surface area (Å²) in [5, 5.41) is 4.85. The monoisotopic (exact) mass is 450 g/mol. The normalized spacial score (nSPS) is 11.0. The molecule has 25 heavy (non-hydrogen) atoms. The summed E-state index contributed by atoms with van der Waals surface area (Å²) in [5.41, 5.74) is 3.80. The van der Waals surface area contributed by atoms with Gasteiger partial charge in [0.2, 0.25) is 0 Å². The van der Waals surface area contributed by atoms with Crippen LogP contribution in [0.4, 0.5) is 0 Å². The molecule has 0 radical (unpaired) electrons. The molecule has 1 aromatic heterocycles. The number of ether oxygens (including phenoxy) is 2. The number of benzene rings is 2. The molecule has 0 saturated heterocycles. The fourth-order valence-corrected chi connectivity index (χ4v) is 2.98. The molecule has 0 saturated carbocycles. The van der Waals surface area contributed by atoms with E-state index < -0.39 is 5.91 Å². The van der Waals surface area contributed by atoms with Crippen molar-refractivity contribution in [3.05, 3.63) is 57.4 Å². The van der Waals surface area contributed by atoms with Crippen LogP contribution >= 0.6 is 22.6 Å². The van der Waals surface area contributed by atoms with Gasteiger partial charge in [-0.15, -0.1) is 0 Å². The minimum absolute atomic E-state index is 0.200. The lowest BCUT2D eigenvalue weighted by Crippen LogP contribution is -2.16. The van der Waals surface area contributed by atoms with Crippen molar-refractivity contribution in [3.8, 4) is 11.5 Å². The molecule has 0 fully saturated rings. The van der Waals surface area contributed by atoms with Crippen LogP contribution in [0.5, 0.6) is 11.5 Å². The lowest BCUT2D eigenvalue weighted by atomic mass is 10.2. The number of halogens is 1. The van der Waals surface area contributed by atoms with Crippen molar-refractivity contribution in [1.82, 2.24) is 5.43 Å². The highest BCUT2D eigenvalue weighted by molar-refractivity contribution is 14.1. The molecule has 0 aliphatic heterocycles. The van der Waals surface area contributed by atoms with Crippen molar-refractivity contribution in [3.63, 3.8) is 0 Å². The topological polar surface area (TPSA) is 73.1 Å². The molecule has 1 N–H and O–H groups in total. The lowest BCUT2D eigenvalue weighted by Gasteiger charge is -2.10. The predicted molar refractivity (Wildman–Crippen MR) is 104 cm³/mol. The first kappa shape index (κ1) is 17.3. The second-order valence-corrected chi connectivity index (χ2v) is 6.32. The van der Waals surface area contributed by atoms with Gasteiger partial charge in [-0.3, -0.25) is 4.79 Å². The summed E-state index contributed by atoms with van der Waals surface area (Å²) in [6.45, 7) is 0. The third-order valence-corrected chi connectivity index (χ3v) is 4.11. The molecule has 2 aromatic carbocycles. The third-order valence-electron chi connectivity index (χ3n) is 3.49. The fourth-order valence-electron chi connectivity index (χ4n) is 2.36. The van der Waals surface area contributed by atoms with E-state index in [1.165, 1.54) is 6.21 Å². The molecule has 3 aromatic rings. The number of hydrogen-bond acceptors (Lipinski definition) is 5. The van der Waals surface area contributed by atoms with Gasteiger partial charge in [-0.1, -0.05) is 18.2 Å². The SMILES string of the molecule is COc1cc(I)cc(/C=N/NC(=O)c2cc3ccccc3o2)c1OC. The van der Waals surface area contributed by atoms with E-state index in [0.717, 1.165) is 8.96 Å². The summed E-state index contributed by atoms with van der Waals surface area (Å²) in [7, 11) is 3.12. The van der Waals surface area contributed by atoms with Crippen LogP contribution in [0.3, 0.4) is 0 Å². The average molecular weight is 450 g/mol. The summed E-state index contributed by atoms with van der Waals surface area (Å²) >= 11 is 2.17. The summed E-state index contributed by atoms with van der Waals surface area (Å²) in [5.74, 6) is 0.915. The average Bonchev–Trinajstić information content (AvgIpc) is 3.05. The number of amides is 1. The maximum absolute atomic E-state index is 12.2. The Morgan fingerprint density at radius 1 is 1.20 bits per heavy atom. The number of methoxy groups -OCH3 is 2. The molecule has 0 aliphatic rings. The first-order chi connectivity index (χ1) is 12.1. The second-order valence-electron chi connectivity index (χ2n) is 5.08. The van der Waals surface area contributed by atoms with E-state index >= 15 is 0 Å². The van der Waals surface area contributed by atoms with E-state index in [1.54, 1.807) is 26.4 Å². The molecule has 1 amide bonds. The Balaban J connectivity index is 1.78. The molecule has 0 bridgehead atoms. The van der Waals surface area contributed by atoms with E-state index in [9.17, 15) is 4.79 Å². The van der Waals surface area contributed by atoms with Crippen LogP contribution < -0.4 is 14.9 Å². The molecule has 6 nitrogen and oxygen atoms in total. The number of nitrogens with zero attached hydrogens (tertiary/aromatic N) is 1. The van der Waals surface area contributed by atoms with Crippen molar-refractivity contribution in [2.75, 3.05) is 14.2 Å². The van der Waals surface area contributed by atoms with Crippen molar-refractivity contribution in [2.24, 2.45) is 5.10 Å². The van der Waals surface area contributed by atoms with E-state index in [2.05, 4.69) is 33.1 Å². The van der Waals surface area contributed by atoms with Gasteiger partial charge in [-0.25, -0.2) is 5.43 Å². The van der Waals surface area contributed by atoms with Gasteiger partial charge in [0.15, 0.2) is 17.3 Å². The van der Waals surface area contributed by atoms with E-state index in [1.807, 2.05) is 30.3 Å².